The minimum absolute atomic E-state index is 0.00772. The number of carbonyl (C=O) groups excluding carboxylic acids is 1. The molecule has 2 N–H and O–H groups in total. The quantitative estimate of drug-likeness (QED) is 0.425. The summed E-state index contributed by atoms with van der Waals surface area (Å²) in [6.07, 6.45) is 1.99. The second kappa shape index (κ2) is 11.9. The van der Waals surface area contributed by atoms with Crippen LogP contribution in [0.3, 0.4) is 0 Å². The van der Waals surface area contributed by atoms with Crippen LogP contribution in [0.1, 0.15) is 25.8 Å². The average Bonchev–Trinajstić information content (AvgIpc) is 3.08. The van der Waals surface area contributed by atoms with Crippen molar-refractivity contribution >= 4 is 34.1 Å². The smallest absolute Gasteiger partial charge is 0.230 e. The third-order valence-electron chi connectivity index (χ3n) is 3.36. The maximum Gasteiger partial charge on any atom is 0.230 e. The molecule has 1 aromatic carbocycles. The van der Waals surface area contributed by atoms with Gasteiger partial charge in [0.1, 0.15) is 0 Å². The molecule has 0 saturated heterocycles. The molecule has 0 unspecified atom stereocenters. The van der Waals surface area contributed by atoms with Gasteiger partial charge in [-0.25, -0.2) is 0 Å². The maximum absolute atomic E-state index is 11.8. The van der Waals surface area contributed by atoms with Crippen molar-refractivity contribution in [2.24, 2.45) is 0 Å². The summed E-state index contributed by atoms with van der Waals surface area (Å²) in [4.78, 5) is 11.8. The summed E-state index contributed by atoms with van der Waals surface area (Å²) in [7, 11) is 0. The summed E-state index contributed by atoms with van der Waals surface area (Å²) >= 11 is 2.88. The Bertz CT molecular complexity index is 650. The van der Waals surface area contributed by atoms with Crippen LogP contribution in [-0.4, -0.2) is 47.7 Å². The second-order valence-electron chi connectivity index (χ2n) is 5.95. The van der Waals surface area contributed by atoms with E-state index in [0.29, 0.717) is 18.9 Å². The van der Waals surface area contributed by atoms with Gasteiger partial charge in [0.2, 0.25) is 11.0 Å². The fourth-order valence-corrected chi connectivity index (χ4v) is 3.70. The van der Waals surface area contributed by atoms with E-state index < -0.39 is 0 Å². The summed E-state index contributed by atoms with van der Waals surface area (Å²) in [5.74, 6) is 0.359. The average molecular weight is 395 g/mol. The topological polar surface area (TPSA) is 76.1 Å². The number of nitrogens with zero attached hydrogens (tertiary/aromatic N) is 2. The molecule has 0 aliphatic heterocycles. The molecule has 0 fully saturated rings. The minimum Gasteiger partial charge on any atom is -0.379 e. The lowest BCUT2D eigenvalue weighted by atomic mass is 10.2. The van der Waals surface area contributed by atoms with E-state index in [9.17, 15) is 4.79 Å². The number of hydrogen-bond acceptors (Lipinski definition) is 7. The van der Waals surface area contributed by atoms with Crippen LogP contribution in [-0.2, 0) is 16.0 Å². The fourth-order valence-electron chi connectivity index (χ4n) is 2.10. The van der Waals surface area contributed by atoms with Crippen LogP contribution in [0.2, 0.25) is 0 Å². The van der Waals surface area contributed by atoms with Gasteiger partial charge < -0.3 is 15.4 Å². The standard InChI is InChI=1S/C18H26N4O2S2/c1-14(2)24-12-6-10-19-16(23)13-25-18-22-21-17(26-18)20-11-9-15-7-4-3-5-8-15/h3-5,7-8,14H,6,9-13H2,1-2H3,(H,19,23)(H,20,21). The lowest BCUT2D eigenvalue weighted by Gasteiger charge is -2.07. The van der Waals surface area contributed by atoms with Crippen LogP contribution >= 0.6 is 23.1 Å². The van der Waals surface area contributed by atoms with E-state index in [1.807, 2.05) is 32.0 Å². The molecule has 26 heavy (non-hydrogen) atoms. The Morgan fingerprint density at radius 2 is 2.04 bits per heavy atom. The van der Waals surface area contributed by atoms with E-state index in [2.05, 4.69) is 33.0 Å². The fraction of sp³-hybridized carbons (Fsp3) is 0.500. The third kappa shape index (κ3) is 8.64. The van der Waals surface area contributed by atoms with Crippen molar-refractivity contribution in [3.63, 3.8) is 0 Å². The van der Waals surface area contributed by atoms with Gasteiger partial charge in [-0.15, -0.1) is 10.2 Å². The molecule has 0 aliphatic rings. The molecule has 0 spiro atoms. The van der Waals surface area contributed by atoms with E-state index in [4.69, 9.17) is 4.74 Å². The Labute approximate surface area is 163 Å². The van der Waals surface area contributed by atoms with E-state index in [1.54, 1.807) is 0 Å². The zero-order valence-electron chi connectivity index (χ0n) is 15.2. The van der Waals surface area contributed by atoms with Gasteiger partial charge in [0.05, 0.1) is 11.9 Å². The zero-order chi connectivity index (χ0) is 18.6. The zero-order valence-corrected chi connectivity index (χ0v) is 16.9. The van der Waals surface area contributed by atoms with Crippen molar-refractivity contribution in [2.45, 2.75) is 37.1 Å². The summed E-state index contributed by atoms with van der Waals surface area (Å²) in [6.45, 7) is 6.11. The van der Waals surface area contributed by atoms with Gasteiger partial charge in [-0.1, -0.05) is 53.4 Å². The lowest BCUT2D eigenvalue weighted by Crippen LogP contribution is -2.27. The molecule has 6 nitrogen and oxygen atoms in total. The first-order chi connectivity index (χ1) is 12.6. The van der Waals surface area contributed by atoms with Crippen molar-refractivity contribution in [1.82, 2.24) is 15.5 Å². The Balaban J connectivity index is 1.58. The largest absolute Gasteiger partial charge is 0.379 e. The van der Waals surface area contributed by atoms with Gasteiger partial charge >= 0.3 is 0 Å². The Morgan fingerprint density at radius 1 is 1.23 bits per heavy atom. The first-order valence-corrected chi connectivity index (χ1v) is 10.6. The molecule has 0 bridgehead atoms. The summed E-state index contributed by atoms with van der Waals surface area (Å²) in [5.41, 5.74) is 1.29. The van der Waals surface area contributed by atoms with Gasteiger partial charge in [0, 0.05) is 19.7 Å². The normalized spacial score (nSPS) is 10.9. The first-order valence-electron chi connectivity index (χ1n) is 8.76. The number of anilines is 1. The molecule has 142 valence electrons. The number of hydrogen-bond donors (Lipinski definition) is 2. The molecule has 2 aromatic rings. The van der Waals surface area contributed by atoms with Gasteiger partial charge in [0.15, 0.2) is 4.34 Å². The number of benzene rings is 1. The van der Waals surface area contributed by atoms with Crippen LogP contribution < -0.4 is 10.6 Å². The monoisotopic (exact) mass is 394 g/mol. The van der Waals surface area contributed by atoms with Crippen LogP contribution in [0.4, 0.5) is 5.13 Å². The third-order valence-corrected chi connectivity index (χ3v) is 5.37. The molecule has 0 saturated carbocycles. The number of carbonyl (C=O) groups is 1. The van der Waals surface area contributed by atoms with E-state index in [0.717, 1.165) is 28.9 Å². The predicted octanol–water partition coefficient (Wildman–Crippen LogP) is 3.22. The number of aromatic nitrogens is 2. The molecular formula is C18H26N4O2S2. The molecule has 1 heterocycles. The summed E-state index contributed by atoms with van der Waals surface area (Å²) in [5, 5.41) is 15.2. The Morgan fingerprint density at radius 3 is 2.81 bits per heavy atom. The van der Waals surface area contributed by atoms with Gasteiger partial charge in [0.25, 0.3) is 0 Å². The highest BCUT2D eigenvalue weighted by atomic mass is 32.2. The SMILES string of the molecule is CC(C)OCCCNC(=O)CSc1nnc(NCCc2ccccc2)s1. The van der Waals surface area contributed by atoms with Crippen molar-refractivity contribution in [3.8, 4) is 0 Å². The molecule has 0 atom stereocenters. The van der Waals surface area contributed by atoms with E-state index in [1.165, 1.54) is 28.7 Å². The maximum atomic E-state index is 11.8. The summed E-state index contributed by atoms with van der Waals surface area (Å²) < 4.78 is 6.23. The number of ether oxygens (including phenoxy) is 1. The van der Waals surface area contributed by atoms with Crippen molar-refractivity contribution < 1.29 is 9.53 Å². The minimum atomic E-state index is 0.00772. The number of rotatable bonds is 12. The number of thioether (sulfide) groups is 1. The summed E-state index contributed by atoms with van der Waals surface area (Å²) in [6, 6.07) is 10.3. The van der Waals surface area contributed by atoms with Crippen LogP contribution in [0.15, 0.2) is 34.7 Å². The van der Waals surface area contributed by atoms with Crippen LogP contribution in [0, 0.1) is 0 Å². The van der Waals surface area contributed by atoms with Crippen molar-refractivity contribution in [3.05, 3.63) is 35.9 Å². The van der Waals surface area contributed by atoms with Gasteiger partial charge in [-0.2, -0.15) is 0 Å². The van der Waals surface area contributed by atoms with Crippen molar-refractivity contribution in [1.29, 1.82) is 0 Å². The molecule has 2 rings (SSSR count). The van der Waals surface area contributed by atoms with Crippen molar-refractivity contribution in [2.75, 3.05) is 30.8 Å². The molecule has 8 heteroatoms. The number of amides is 1. The molecule has 1 amide bonds. The highest BCUT2D eigenvalue weighted by molar-refractivity contribution is 8.01. The van der Waals surface area contributed by atoms with Crippen LogP contribution in [0.5, 0.6) is 0 Å². The molecular weight excluding hydrogens is 368 g/mol. The molecule has 0 aliphatic carbocycles. The Hall–Kier alpha value is -1.64. The second-order valence-corrected chi connectivity index (χ2v) is 8.15. The first kappa shape index (κ1) is 20.7. The van der Waals surface area contributed by atoms with Gasteiger partial charge in [-0.3, -0.25) is 4.79 Å². The Kier molecular flexibility index (Phi) is 9.44. The highest BCUT2D eigenvalue weighted by Gasteiger charge is 2.08. The van der Waals surface area contributed by atoms with Gasteiger partial charge in [-0.05, 0) is 32.3 Å². The molecule has 0 radical (unpaired) electrons. The van der Waals surface area contributed by atoms with Crippen LogP contribution in [0.25, 0.3) is 0 Å². The molecule has 1 aromatic heterocycles. The lowest BCUT2D eigenvalue weighted by molar-refractivity contribution is -0.118. The number of nitrogens with one attached hydrogen (secondary N) is 2. The predicted molar refractivity (Wildman–Crippen MR) is 108 cm³/mol. The van der Waals surface area contributed by atoms with E-state index >= 15 is 0 Å². The highest BCUT2D eigenvalue weighted by Crippen LogP contribution is 2.25. The van der Waals surface area contributed by atoms with E-state index in [-0.39, 0.29) is 12.0 Å².